The van der Waals surface area contributed by atoms with Crippen LogP contribution in [0.1, 0.15) is 17.0 Å². The van der Waals surface area contributed by atoms with Gasteiger partial charge < -0.3 is 15.6 Å². The van der Waals surface area contributed by atoms with Crippen molar-refractivity contribution < 1.29 is 31.1 Å². The average molecular weight is 340 g/mol. The predicted octanol–water partition coefficient (Wildman–Crippen LogP) is 3.11. The van der Waals surface area contributed by atoms with Crippen LogP contribution in [0, 0.1) is 0 Å². The third kappa shape index (κ3) is 3.48. The number of fused-ring (bicyclic) bond motifs is 1. The summed E-state index contributed by atoms with van der Waals surface area (Å²) in [7, 11) is 1.27. The Morgan fingerprint density at radius 2 is 1.83 bits per heavy atom. The molecule has 0 radical (unpaired) electrons. The second-order valence-corrected chi connectivity index (χ2v) is 4.79. The summed E-state index contributed by atoms with van der Waals surface area (Å²) >= 11 is 0. The number of hydrogen-bond acceptors (Lipinski definition) is 2. The number of amides is 2. The summed E-state index contributed by atoms with van der Waals surface area (Å²) in [6, 6.07) is -0.326. The second kappa shape index (κ2) is 5.32. The van der Waals surface area contributed by atoms with Crippen LogP contribution in [0.4, 0.5) is 31.1 Å². The Hall–Kier alpha value is -2.46. The van der Waals surface area contributed by atoms with Gasteiger partial charge in [-0.1, -0.05) is 0 Å². The fraction of sp³-hybridized carbons (Fsp3) is 0.333. The van der Waals surface area contributed by atoms with Crippen molar-refractivity contribution in [3.05, 3.63) is 29.1 Å². The van der Waals surface area contributed by atoms with E-state index < -0.39 is 40.5 Å². The first-order valence-corrected chi connectivity index (χ1v) is 6.07. The van der Waals surface area contributed by atoms with Crippen LogP contribution in [0.2, 0.25) is 0 Å². The smallest absolute Gasteiger partial charge is 0.351 e. The molecule has 2 amide bonds. The molecule has 1 aromatic carbocycles. The summed E-state index contributed by atoms with van der Waals surface area (Å²) in [4.78, 5) is 17.8. The number of primary amides is 1. The first kappa shape index (κ1) is 16.9. The summed E-state index contributed by atoms with van der Waals surface area (Å²) < 4.78 is 77.1. The molecule has 1 heterocycles. The number of halogens is 6. The van der Waals surface area contributed by atoms with E-state index in [9.17, 15) is 31.1 Å². The van der Waals surface area contributed by atoms with Crippen molar-refractivity contribution in [3.63, 3.8) is 0 Å². The van der Waals surface area contributed by atoms with Gasteiger partial charge in [0.05, 0.1) is 23.2 Å². The van der Waals surface area contributed by atoms with Crippen molar-refractivity contribution in [3.8, 4) is 0 Å². The van der Waals surface area contributed by atoms with Crippen LogP contribution < -0.4 is 5.73 Å². The molecule has 0 saturated heterocycles. The molecular formula is C12H10F6N4O. The van der Waals surface area contributed by atoms with Gasteiger partial charge in [0, 0.05) is 7.05 Å². The van der Waals surface area contributed by atoms with E-state index in [0.717, 1.165) is 4.90 Å². The Labute approximate surface area is 125 Å². The van der Waals surface area contributed by atoms with Gasteiger partial charge in [0.15, 0.2) is 0 Å². The SMILES string of the molecule is CN(Cc1nc2c(C(F)(F)F)cc(C(F)(F)F)cc2[nH]1)C(N)=O. The minimum atomic E-state index is -5.01. The molecule has 0 spiro atoms. The number of aromatic amines is 1. The molecule has 0 fully saturated rings. The molecule has 0 aliphatic heterocycles. The van der Waals surface area contributed by atoms with Crippen LogP contribution in [-0.2, 0) is 18.9 Å². The zero-order chi connectivity index (χ0) is 17.6. The van der Waals surface area contributed by atoms with E-state index in [-0.39, 0.29) is 18.4 Å². The molecule has 23 heavy (non-hydrogen) atoms. The molecule has 0 unspecified atom stereocenters. The van der Waals surface area contributed by atoms with E-state index in [1.165, 1.54) is 7.05 Å². The third-order valence-electron chi connectivity index (χ3n) is 3.03. The molecule has 11 heteroatoms. The maximum absolute atomic E-state index is 13.0. The molecule has 3 N–H and O–H groups in total. The molecular weight excluding hydrogens is 330 g/mol. The summed E-state index contributed by atoms with van der Waals surface area (Å²) in [5, 5.41) is 0. The predicted molar refractivity (Wildman–Crippen MR) is 67.1 cm³/mol. The van der Waals surface area contributed by atoms with Gasteiger partial charge in [0.1, 0.15) is 11.3 Å². The first-order chi connectivity index (χ1) is 10.4. The average Bonchev–Trinajstić information content (AvgIpc) is 2.76. The van der Waals surface area contributed by atoms with Gasteiger partial charge in [0.2, 0.25) is 0 Å². The summed E-state index contributed by atoms with van der Waals surface area (Å²) in [5.74, 6) is -0.119. The Kier molecular flexibility index (Phi) is 3.91. The van der Waals surface area contributed by atoms with Crippen LogP contribution in [0.5, 0.6) is 0 Å². The highest BCUT2D eigenvalue weighted by atomic mass is 19.4. The molecule has 0 saturated carbocycles. The molecule has 1 aromatic heterocycles. The van der Waals surface area contributed by atoms with Crippen LogP contribution in [0.3, 0.4) is 0 Å². The lowest BCUT2D eigenvalue weighted by molar-refractivity contribution is -0.142. The number of carbonyl (C=O) groups excluding carboxylic acids is 1. The van der Waals surface area contributed by atoms with Gasteiger partial charge in [-0.15, -0.1) is 0 Å². The summed E-state index contributed by atoms with van der Waals surface area (Å²) in [5.41, 5.74) is 0.934. The zero-order valence-corrected chi connectivity index (χ0v) is 11.5. The fourth-order valence-electron chi connectivity index (χ4n) is 1.93. The maximum atomic E-state index is 13.0. The van der Waals surface area contributed by atoms with E-state index in [4.69, 9.17) is 5.73 Å². The number of nitrogens with one attached hydrogen (secondary N) is 1. The van der Waals surface area contributed by atoms with Crippen LogP contribution in [0.15, 0.2) is 12.1 Å². The normalized spacial score (nSPS) is 12.7. The Balaban J connectivity index is 2.61. The molecule has 2 aromatic rings. The van der Waals surface area contributed by atoms with E-state index in [1.807, 2.05) is 0 Å². The van der Waals surface area contributed by atoms with Gasteiger partial charge in [-0.3, -0.25) is 0 Å². The maximum Gasteiger partial charge on any atom is 0.418 e. The quantitative estimate of drug-likeness (QED) is 0.825. The number of aromatic nitrogens is 2. The Morgan fingerprint density at radius 1 is 1.22 bits per heavy atom. The summed E-state index contributed by atoms with van der Waals surface area (Å²) in [6.45, 7) is -0.275. The van der Waals surface area contributed by atoms with Crippen molar-refractivity contribution in [2.45, 2.75) is 18.9 Å². The minimum Gasteiger partial charge on any atom is -0.351 e. The standard InChI is InChI=1S/C12H10F6N4O/c1-22(10(19)23)4-8-20-7-3-5(11(13,14)15)2-6(9(7)21-8)12(16,17)18/h2-3H,4H2,1H3,(H2,19,23)(H,20,21). The van der Waals surface area contributed by atoms with Crippen molar-refractivity contribution in [2.24, 2.45) is 5.73 Å². The molecule has 126 valence electrons. The molecule has 5 nitrogen and oxygen atoms in total. The topological polar surface area (TPSA) is 75.0 Å². The largest absolute Gasteiger partial charge is 0.418 e. The number of hydrogen-bond donors (Lipinski definition) is 2. The second-order valence-electron chi connectivity index (χ2n) is 4.79. The van der Waals surface area contributed by atoms with Crippen molar-refractivity contribution in [1.29, 1.82) is 0 Å². The van der Waals surface area contributed by atoms with Crippen molar-refractivity contribution in [2.75, 3.05) is 7.05 Å². The number of alkyl halides is 6. The lowest BCUT2D eigenvalue weighted by Gasteiger charge is -2.12. The van der Waals surface area contributed by atoms with Gasteiger partial charge in [-0.05, 0) is 12.1 Å². The number of benzene rings is 1. The fourth-order valence-corrected chi connectivity index (χ4v) is 1.93. The van der Waals surface area contributed by atoms with E-state index >= 15 is 0 Å². The monoisotopic (exact) mass is 340 g/mol. The number of H-pyrrole nitrogens is 1. The van der Waals surface area contributed by atoms with Gasteiger partial charge >= 0.3 is 18.4 Å². The summed E-state index contributed by atoms with van der Waals surface area (Å²) in [6.07, 6.45) is -9.95. The van der Waals surface area contributed by atoms with Gasteiger partial charge in [0.25, 0.3) is 0 Å². The number of carbonyl (C=O) groups is 1. The van der Waals surface area contributed by atoms with Crippen molar-refractivity contribution >= 4 is 17.1 Å². The lowest BCUT2D eigenvalue weighted by Crippen LogP contribution is -2.31. The van der Waals surface area contributed by atoms with Crippen molar-refractivity contribution in [1.82, 2.24) is 14.9 Å². The number of rotatable bonds is 2. The number of nitrogens with two attached hydrogens (primary N) is 1. The van der Waals surface area contributed by atoms with Gasteiger partial charge in [-0.2, -0.15) is 26.3 Å². The highest BCUT2D eigenvalue weighted by Gasteiger charge is 2.39. The van der Waals surface area contributed by atoms with Crippen LogP contribution in [-0.4, -0.2) is 27.9 Å². The zero-order valence-electron chi connectivity index (χ0n) is 11.5. The van der Waals surface area contributed by atoms with E-state index in [0.29, 0.717) is 6.07 Å². The molecule has 0 aliphatic rings. The number of imidazole rings is 1. The van der Waals surface area contributed by atoms with Crippen LogP contribution >= 0.6 is 0 Å². The lowest BCUT2D eigenvalue weighted by atomic mass is 10.1. The molecule has 0 atom stereocenters. The number of urea groups is 1. The molecule has 0 aliphatic carbocycles. The third-order valence-corrected chi connectivity index (χ3v) is 3.03. The van der Waals surface area contributed by atoms with Gasteiger partial charge in [-0.25, -0.2) is 9.78 Å². The Morgan fingerprint density at radius 3 is 2.30 bits per heavy atom. The van der Waals surface area contributed by atoms with E-state index in [2.05, 4.69) is 9.97 Å². The Bertz CT molecular complexity index is 748. The first-order valence-electron chi connectivity index (χ1n) is 6.07. The highest BCUT2D eigenvalue weighted by molar-refractivity contribution is 5.81. The highest BCUT2D eigenvalue weighted by Crippen LogP contribution is 2.39. The van der Waals surface area contributed by atoms with E-state index in [1.54, 1.807) is 0 Å². The molecule has 0 bridgehead atoms. The molecule has 2 rings (SSSR count). The van der Waals surface area contributed by atoms with Crippen LogP contribution in [0.25, 0.3) is 11.0 Å². The minimum absolute atomic E-state index is 0.00471. The number of nitrogens with zero attached hydrogens (tertiary/aromatic N) is 2.